The van der Waals surface area contributed by atoms with E-state index in [1.807, 2.05) is 0 Å². The predicted octanol–water partition coefficient (Wildman–Crippen LogP) is 0.268. The van der Waals surface area contributed by atoms with Gasteiger partial charge in [0.15, 0.2) is 4.30 Å². The normalized spacial score (nSPS) is 9.40. The first-order valence-electron chi connectivity index (χ1n) is 1.32. The van der Waals surface area contributed by atoms with Crippen LogP contribution in [-0.4, -0.2) is 44.9 Å². The Morgan fingerprint density at radius 1 is 1.10 bits per heavy atom. The van der Waals surface area contributed by atoms with Crippen molar-refractivity contribution in [2.45, 2.75) is 4.30 Å². The Morgan fingerprint density at radius 2 is 1.10 bits per heavy atom. The molecule has 0 unspecified atom stereocenters. The van der Waals surface area contributed by atoms with Gasteiger partial charge >= 0.3 is 23.1 Å². The van der Waals surface area contributed by atoms with Crippen molar-refractivity contribution < 1.29 is 17.5 Å². The first-order valence-corrected chi connectivity index (χ1v) is 3.96. The molecule has 0 aliphatic rings. The topological polar surface area (TPSA) is 80.3 Å². The maximum Gasteiger partial charge on any atom is 2.00 e. The van der Waals surface area contributed by atoms with Crippen molar-refractivity contribution in [3.05, 3.63) is 0 Å². The second-order valence-corrected chi connectivity index (χ2v) is 3.45. The molecule has 0 N–H and O–H groups in total. The van der Waals surface area contributed by atoms with Crippen LogP contribution in [0.5, 0.6) is 0 Å². The maximum atomic E-state index is 8.52. The Bertz CT molecular complexity index is 132. The van der Waals surface area contributed by atoms with Crippen LogP contribution in [0.3, 0.4) is 0 Å². The number of hydrogen-bond acceptors (Lipinski definition) is 4. The van der Waals surface area contributed by atoms with Gasteiger partial charge in [-0.25, -0.2) is 0 Å². The summed E-state index contributed by atoms with van der Waals surface area (Å²) >= 11 is 14.4. The Labute approximate surface area is 89.6 Å². The average molecular weight is 240 g/mol. The Morgan fingerprint density at radius 3 is 1.10 bits per heavy atom. The minimum absolute atomic E-state index is 0. The van der Waals surface area contributed by atoms with Gasteiger partial charge in [0.2, 0.25) is 0 Å². The van der Waals surface area contributed by atoms with E-state index in [9.17, 15) is 0 Å². The van der Waals surface area contributed by atoms with Gasteiger partial charge < -0.3 is 9.11 Å². The van der Waals surface area contributed by atoms with E-state index in [0.717, 1.165) is 0 Å². The zero-order valence-corrected chi connectivity index (χ0v) is 8.96. The molecular weight excluding hydrogens is 239 g/mol. The van der Waals surface area contributed by atoms with Crippen LogP contribution in [-0.2, 0) is 10.4 Å². The molecule has 0 bridgehead atoms. The molecule has 10 heavy (non-hydrogen) atoms. The van der Waals surface area contributed by atoms with Gasteiger partial charge in [0.05, 0.1) is 0 Å². The summed E-state index contributed by atoms with van der Waals surface area (Å²) in [5.41, 5.74) is 0. The molecule has 0 saturated carbocycles. The molecule has 0 amide bonds. The molecule has 0 spiro atoms. The zero-order valence-electron chi connectivity index (χ0n) is 4.46. The predicted molar refractivity (Wildman–Crippen MR) is 37.6 cm³/mol. The number of halogens is 3. The van der Waals surface area contributed by atoms with Gasteiger partial charge in [-0.2, -0.15) is 0 Å². The van der Waals surface area contributed by atoms with Crippen LogP contribution in [0.25, 0.3) is 0 Å². The molecule has 4 nitrogen and oxygen atoms in total. The van der Waals surface area contributed by atoms with Crippen molar-refractivity contribution in [2.75, 3.05) is 0 Å². The fourth-order valence-corrected chi connectivity index (χ4v) is 0. The molecule has 0 radical (unpaired) electrons. The van der Waals surface area contributed by atoms with Crippen LogP contribution in [0.2, 0.25) is 0 Å². The van der Waals surface area contributed by atoms with Gasteiger partial charge in [-0.05, 0) is 0 Å². The van der Waals surface area contributed by atoms with Crippen LogP contribution in [0.1, 0.15) is 0 Å². The molecule has 0 aromatic carbocycles. The van der Waals surface area contributed by atoms with Gasteiger partial charge in [0, 0.05) is 10.4 Å². The van der Waals surface area contributed by atoms with Crippen LogP contribution in [0.4, 0.5) is 0 Å². The molecule has 58 valence electrons. The number of hydrogen-bond donors (Lipinski definition) is 0. The third kappa shape index (κ3) is 303. The second kappa shape index (κ2) is 8.60. The molecule has 0 aliphatic carbocycles. The molecule has 0 rings (SSSR count). The first kappa shape index (κ1) is 17.6. The van der Waals surface area contributed by atoms with Crippen LogP contribution >= 0.6 is 34.8 Å². The SMILES string of the molecule is ClC(Cl)Cl.O=S(=O)([O-])[O-].[Mg+2]. The van der Waals surface area contributed by atoms with Gasteiger partial charge in [-0.15, -0.1) is 0 Å². The molecule has 9 heteroatoms. The third-order valence-corrected chi connectivity index (χ3v) is 0. The van der Waals surface area contributed by atoms with Crippen molar-refractivity contribution in [1.82, 2.24) is 0 Å². The summed E-state index contributed by atoms with van der Waals surface area (Å²) in [4.78, 5) is 0. The van der Waals surface area contributed by atoms with Gasteiger partial charge in [-0.3, -0.25) is 8.42 Å². The van der Waals surface area contributed by atoms with Gasteiger partial charge in [-0.1, -0.05) is 34.8 Å². The Kier molecular flexibility index (Phi) is 15.1. The summed E-state index contributed by atoms with van der Waals surface area (Å²) in [7, 11) is -5.17. The molecule has 0 fully saturated rings. The summed E-state index contributed by atoms with van der Waals surface area (Å²) in [5, 5.41) is 0. The summed E-state index contributed by atoms with van der Waals surface area (Å²) in [5.74, 6) is 0. The summed E-state index contributed by atoms with van der Waals surface area (Å²) in [6.45, 7) is 0. The van der Waals surface area contributed by atoms with Crippen molar-refractivity contribution in [3.8, 4) is 0 Å². The van der Waals surface area contributed by atoms with Gasteiger partial charge in [0.1, 0.15) is 0 Å². The maximum absolute atomic E-state index is 8.52. The van der Waals surface area contributed by atoms with E-state index in [0.29, 0.717) is 0 Å². The molecule has 0 atom stereocenters. The quantitative estimate of drug-likeness (QED) is 0.263. The van der Waals surface area contributed by atoms with E-state index in [4.69, 9.17) is 52.3 Å². The summed E-state index contributed by atoms with van der Waals surface area (Å²) in [6.07, 6.45) is 0. The van der Waals surface area contributed by atoms with E-state index >= 15 is 0 Å². The summed E-state index contributed by atoms with van der Waals surface area (Å²) in [6, 6.07) is 0. The van der Waals surface area contributed by atoms with E-state index in [-0.39, 0.29) is 23.1 Å². The monoisotopic (exact) mass is 238 g/mol. The van der Waals surface area contributed by atoms with E-state index < -0.39 is 14.7 Å². The van der Waals surface area contributed by atoms with Crippen molar-refractivity contribution in [1.29, 1.82) is 0 Å². The largest absolute Gasteiger partial charge is 2.00 e. The minimum Gasteiger partial charge on any atom is -0.759 e. The third-order valence-electron chi connectivity index (χ3n) is 0. The van der Waals surface area contributed by atoms with Crippen molar-refractivity contribution >= 4 is 68.3 Å². The minimum atomic E-state index is -5.17. The van der Waals surface area contributed by atoms with Crippen LogP contribution in [0, 0.1) is 0 Å². The fourth-order valence-electron chi connectivity index (χ4n) is 0. The van der Waals surface area contributed by atoms with Crippen molar-refractivity contribution in [3.63, 3.8) is 0 Å². The molecule has 0 aromatic rings. The second-order valence-electron chi connectivity index (χ2n) is 0.656. The van der Waals surface area contributed by atoms with Crippen LogP contribution < -0.4 is 0 Å². The standard InChI is InChI=1S/CHCl3.Mg.H2O4S/c2-1(3)4;;1-5(2,3)4/h1H;;(H2,1,2,3,4)/q;+2;/p-2. The molecular formula is CHCl3MgO4S. The summed E-state index contributed by atoms with van der Waals surface area (Å²) < 4.78 is 33.3. The average Bonchev–Trinajstić information content (AvgIpc) is 1.19. The molecule has 0 aliphatic heterocycles. The molecule has 0 saturated heterocycles. The number of rotatable bonds is 0. The van der Waals surface area contributed by atoms with E-state index in [1.165, 1.54) is 0 Å². The van der Waals surface area contributed by atoms with E-state index in [1.54, 1.807) is 0 Å². The fraction of sp³-hybridized carbons (Fsp3) is 1.00. The molecule has 0 aromatic heterocycles. The van der Waals surface area contributed by atoms with Crippen molar-refractivity contribution in [2.24, 2.45) is 0 Å². The first-order chi connectivity index (χ1) is 3.73. The smallest absolute Gasteiger partial charge is 0.759 e. The molecule has 0 heterocycles. The Hall–Kier alpha value is 1.51. The van der Waals surface area contributed by atoms with E-state index in [2.05, 4.69) is 0 Å². The zero-order chi connectivity index (χ0) is 8.08. The van der Waals surface area contributed by atoms with Gasteiger partial charge in [0.25, 0.3) is 0 Å². The Balaban J connectivity index is -0.0000000910. The van der Waals surface area contributed by atoms with Crippen LogP contribution in [0.15, 0.2) is 0 Å². The number of alkyl halides is 3.